The summed E-state index contributed by atoms with van der Waals surface area (Å²) in [6.45, 7) is 0.263. The van der Waals surface area contributed by atoms with Gasteiger partial charge in [0.15, 0.2) is 0 Å². The Labute approximate surface area is 144 Å². The number of aromatic hydroxyl groups is 1. The van der Waals surface area contributed by atoms with E-state index in [1.54, 1.807) is 42.6 Å². The molecule has 0 aliphatic carbocycles. The summed E-state index contributed by atoms with van der Waals surface area (Å²) in [6.07, 6.45) is 3.26. The standard InChI is InChI=1S/C19H16N4O2/c20-9-13(19(25)23-10-12-1-4-16(24)5-2-12)7-14-11-22-18-6-3-15(21)8-17(14)18/h1-8,11,22,24H,10,21H2,(H,23,25). The molecule has 6 heteroatoms. The van der Waals surface area contributed by atoms with Gasteiger partial charge in [-0.3, -0.25) is 4.79 Å². The molecule has 0 bridgehead atoms. The molecule has 0 saturated heterocycles. The van der Waals surface area contributed by atoms with Crippen molar-refractivity contribution in [2.24, 2.45) is 0 Å². The van der Waals surface area contributed by atoms with Crippen molar-refractivity contribution < 1.29 is 9.90 Å². The van der Waals surface area contributed by atoms with E-state index < -0.39 is 5.91 Å². The molecule has 0 aliphatic heterocycles. The first-order valence-corrected chi connectivity index (χ1v) is 7.61. The van der Waals surface area contributed by atoms with E-state index in [0.29, 0.717) is 5.69 Å². The zero-order valence-electron chi connectivity index (χ0n) is 13.3. The molecule has 1 amide bonds. The topological polar surface area (TPSA) is 115 Å². The summed E-state index contributed by atoms with van der Waals surface area (Å²) in [5.74, 6) is -0.305. The van der Waals surface area contributed by atoms with Crippen molar-refractivity contribution in [3.05, 3.63) is 65.4 Å². The summed E-state index contributed by atoms with van der Waals surface area (Å²) in [7, 11) is 0. The number of benzene rings is 2. The highest BCUT2D eigenvalue weighted by molar-refractivity contribution is 6.04. The third-order valence-corrected chi connectivity index (χ3v) is 3.79. The van der Waals surface area contributed by atoms with Crippen LogP contribution in [0.5, 0.6) is 5.75 Å². The Kier molecular flexibility index (Phi) is 4.40. The molecule has 1 aromatic heterocycles. The number of nitriles is 1. The van der Waals surface area contributed by atoms with Crippen LogP contribution in [-0.4, -0.2) is 16.0 Å². The number of hydrogen-bond donors (Lipinski definition) is 4. The normalized spacial score (nSPS) is 11.2. The van der Waals surface area contributed by atoms with Gasteiger partial charge in [0.1, 0.15) is 17.4 Å². The molecule has 5 N–H and O–H groups in total. The first-order chi connectivity index (χ1) is 12.1. The predicted molar refractivity (Wildman–Crippen MR) is 96.3 cm³/mol. The van der Waals surface area contributed by atoms with Crippen molar-refractivity contribution in [3.8, 4) is 11.8 Å². The number of phenols is 1. The first-order valence-electron chi connectivity index (χ1n) is 7.61. The summed E-state index contributed by atoms with van der Waals surface area (Å²) in [6, 6.07) is 13.8. The van der Waals surface area contributed by atoms with E-state index in [-0.39, 0.29) is 17.9 Å². The maximum atomic E-state index is 12.3. The molecule has 3 aromatic rings. The zero-order chi connectivity index (χ0) is 17.8. The molecule has 0 saturated carbocycles. The molecule has 3 rings (SSSR count). The number of nitrogen functional groups attached to an aromatic ring is 1. The zero-order valence-corrected chi connectivity index (χ0v) is 13.3. The van der Waals surface area contributed by atoms with E-state index in [1.165, 1.54) is 6.08 Å². The van der Waals surface area contributed by atoms with Gasteiger partial charge in [0.05, 0.1) is 0 Å². The maximum Gasteiger partial charge on any atom is 0.262 e. The molecule has 0 atom stereocenters. The second-order valence-electron chi connectivity index (χ2n) is 5.57. The average Bonchev–Trinajstić information content (AvgIpc) is 3.00. The van der Waals surface area contributed by atoms with Gasteiger partial charge < -0.3 is 21.1 Å². The number of amides is 1. The second-order valence-corrected chi connectivity index (χ2v) is 5.57. The van der Waals surface area contributed by atoms with Crippen molar-refractivity contribution in [2.45, 2.75) is 6.54 Å². The molecular formula is C19H16N4O2. The van der Waals surface area contributed by atoms with Crippen LogP contribution < -0.4 is 11.1 Å². The maximum absolute atomic E-state index is 12.3. The molecule has 0 aliphatic rings. The highest BCUT2D eigenvalue weighted by atomic mass is 16.3. The van der Waals surface area contributed by atoms with Gasteiger partial charge in [-0.05, 0) is 42.0 Å². The fourth-order valence-corrected chi connectivity index (χ4v) is 2.47. The largest absolute Gasteiger partial charge is 0.508 e. The third-order valence-electron chi connectivity index (χ3n) is 3.79. The summed E-state index contributed by atoms with van der Waals surface area (Å²) in [5, 5.41) is 22.1. The minimum absolute atomic E-state index is 0.00195. The van der Waals surface area contributed by atoms with Crippen LogP contribution in [0.15, 0.2) is 54.2 Å². The Morgan fingerprint density at radius 3 is 2.76 bits per heavy atom. The van der Waals surface area contributed by atoms with Crippen LogP contribution in [0, 0.1) is 11.3 Å². The van der Waals surface area contributed by atoms with Crippen molar-refractivity contribution in [1.29, 1.82) is 5.26 Å². The number of fused-ring (bicyclic) bond motifs is 1. The summed E-state index contributed by atoms with van der Waals surface area (Å²) in [4.78, 5) is 15.3. The number of phenolic OH excluding ortho intramolecular Hbond substituents is 1. The fraction of sp³-hybridized carbons (Fsp3) is 0.0526. The Balaban J connectivity index is 1.79. The molecule has 0 spiro atoms. The number of H-pyrrole nitrogens is 1. The molecule has 0 radical (unpaired) electrons. The molecule has 124 valence electrons. The highest BCUT2D eigenvalue weighted by Crippen LogP contribution is 2.23. The smallest absolute Gasteiger partial charge is 0.262 e. The van der Waals surface area contributed by atoms with E-state index >= 15 is 0 Å². The lowest BCUT2D eigenvalue weighted by atomic mass is 10.1. The number of aromatic nitrogens is 1. The van der Waals surface area contributed by atoms with Gasteiger partial charge in [-0.25, -0.2) is 0 Å². The fourth-order valence-electron chi connectivity index (χ4n) is 2.47. The molecule has 2 aromatic carbocycles. The monoisotopic (exact) mass is 332 g/mol. The van der Waals surface area contributed by atoms with Crippen LogP contribution in [0.25, 0.3) is 17.0 Å². The quantitative estimate of drug-likeness (QED) is 0.334. The Morgan fingerprint density at radius 2 is 2.04 bits per heavy atom. The summed E-state index contributed by atoms with van der Waals surface area (Å²) < 4.78 is 0. The minimum atomic E-state index is -0.464. The summed E-state index contributed by atoms with van der Waals surface area (Å²) >= 11 is 0. The van der Waals surface area contributed by atoms with Crippen molar-refractivity contribution >= 4 is 28.6 Å². The number of nitrogens with zero attached hydrogens (tertiary/aromatic N) is 1. The van der Waals surface area contributed by atoms with Crippen LogP contribution in [0.1, 0.15) is 11.1 Å². The third kappa shape index (κ3) is 3.62. The van der Waals surface area contributed by atoms with E-state index in [4.69, 9.17) is 5.73 Å². The minimum Gasteiger partial charge on any atom is -0.508 e. The van der Waals surface area contributed by atoms with Crippen molar-refractivity contribution in [2.75, 3.05) is 5.73 Å². The lowest BCUT2D eigenvalue weighted by molar-refractivity contribution is -0.117. The SMILES string of the molecule is N#CC(=Cc1c[nH]c2ccc(N)cc12)C(=O)NCc1ccc(O)cc1. The summed E-state index contributed by atoms with van der Waals surface area (Å²) in [5.41, 5.74) is 8.83. The lowest BCUT2D eigenvalue weighted by Gasteiger charge is -2.04. The molecule has 0 unspecified atom stereocenters. The number of carbonyl (C=O) groups is 1. The van der Waals surface area contributed by atoms with Gasteiger partial charge in [0.25, 0.3) is 5.91 Å². The van der Waals surface area contributed by atoms with Crippen molar-refractivity contribution in [3.63, 3.8) is 0 Å². The van der Waals surface area contributed by atoms with Crippen molar-refractivity contribution in [1.82, 2.24) is 10.3 Å². The highest BCUT2D eigenvalue weighted by Gasteiger charge is 2.11. The number of anilines is 1. The van der Waals surface area contributed by atoms with Gasteiger partial charge in [0.2, 0.25) is 0 Å². The van der Waals surface area contributed by atoms with E-state index in [1.807, 2.05) is 12.1 Å². The number of rotatable bonds is 4. The van der Waals surface area contributed by atoms with Crippen LogP contribution in [0.3, 0.4) is 0 Å². The van der Waals surface area contributed by atoms with Crippen LogP contribution in [0.2, 0.25) is 0 Å². The van der Waals surface area contributed by atoms with Gasteiger partial charge in [-0.15, -0.1) is 0 Å². The molecular weight excluding hydrogens is 316 g/mol. The number of nitrogens with two attached hydrogens (primary N) is 1. The molecule has 1 heterocycles. The second kappa shape index (κ2) is 6.81. The van der Waals surface area contributed by atoms with Crippen LogP contribution in [0.4, 0.5) is 5.69 Å². The van der Waals surface area contributed by atoms with Gasteiger partial charge >= 0.3 is 0 Å². The molecule has 0 fully saturated rings. The Bertz CT molecular complexity index is 994. The van der Waals surface area contributed by atoms with Crippen LogP contribution >= 0.6 is 0 Å². The molecule has 25 heavy (non-hydrogen) atoms. The van der Waals surface area contributed by atoms with Gasteiger partial charge in [-0.2, -0.15) is 5.26 Å². The van der Waals surface area contributed by atoms with E-state index in [2.05, 4.69) is 10.3 Å². The molecule has 6 nitrogen and oxygen atoms in total. The number of carbonyl (C=O) groups excluding carboxylic acids is 1. The Hall–Kier alpha value is -3.72. The number of nitrogens with one attached hydrogen (secondary N) is 2. The van der Waals surface area contributed by atoms with Gasteiger partial charge in [0, 0.05) is 34.9 Å². The predicted octanol–water partition coefficient (Wildman–Crippen LogP) is 2.68. The average molecular weight is 332 g/mol. The lowest BCUT2D eigenvalue weighted by Crippen LogP contribution is -2.23. The first kappa shape index (κ1) is 16.1. The van der Waals surface area contributed by atoms with E-state index in [0.717, 1.165) is 22.0 Å². The Morgan fingerprint density at radius 1 is 1.28 bits per heavy atom. The number of aromatic amines is 1. The van der Waals surface area contributed by atoms with E-state index in [9.17, 15) is 15.2 Å². The number of hydrogen-bond acceptors (Lipinski definition) is 4. The van der Waals surface area contributed by atoms with Crippen LogP contribution in [-0.2, 0) is 11.3 Å². The van der Waals surface area contributed by atoms with Gasteiger partial charge in [-0.1, -0.05) is 12.1 Å².